The number of methoxy groups -OCH3 is 1. The summed E-state index contributed by atoms with van der Waals surface area (Å²) in [5, 5.41) is 3.41. The molecule has 86 valence electrons. The second-order valence-electron chi connectivity index (χ2n) is 4.28. The van der Waals surface area contributed by atoms with Gasteiger partial charge in [0.05, 0.1) is 7.11 Å². The third-order valence-electron chi connectivity index (χ3n) is 3.22. The van der Waals surface area contributed by atoms with Gasteiger partial charge < -0.3 is 10.1 Å². The van der Waals surface area contributed by atoms with E-state index in [0.717, 1.165) is 18.7 Å². The number of hydrogen-bond acceptors (Lipinski definition) is 2. The van der Waals surface area contributed by atoms with E-state index < -0.39 is 0 Å². The number of hydrogen-bond donors (Lipinski definition) is 1. The normalized spacial score (nSPS) is 13.0. The Hall–Kier alpha value is -1.96. The van der Waals surface area contributed by atoms with E-state index in [1.165, 1.54) is 22.4 Å². The lowest BCUT2D eigenvalue weighted by atomic mass is 10.0. The van der Waals surface area contributed by atoms with Crippen LogP contribution in [-0.2, 0) is 6.42 Å². The third-order valence-corrected chi connectivity index (χ3v) is 3.22. The predicted molar refractivity (Wildman–Crippen MR) is 70.6 cm³/mol. The van der Waals surface area contributed by atoms with Crippen LogP contribution in [0.3, 0.4) is 0 Å². The van der Waals surface area contributed by atoms with Crippen molar-refractivity contribution >= 4 is 5.69 Å². The Morgan fingerprint density at radius 3 is 2.82 bits per heavy atom. The van der Waals surface area contributed by atoms with E-state index in [9.17, 15) is 0 Å². The van der Waals surface area contributed by atoms with Crippen molar-refractivity contribution in [1.29, 1.82) is 0 Å². The van der Waals surface area contributed by atoms with Crippen molar-refractivity contribution in [2.45, 2.75) is 6.42 Å². The first-order valence-corrected chi connectivity index (χ1v) is 5.88. The minimum absolute atomic E-state index is 0.899. The van der Waals surface area contributed by atoms with E-state index in [1.54, 1.807) is 7.11 Å². The number of anilines is 1. The molecule has 3 rings (SSSR count). The predicted octanol–water partition coefficient (Wildman–Crippen LogP) is 3.33. The van der Waals surface area contributed by atoms with E-state index in [0.29, 0.717) is 0 Å². The minimum Gasteiger partial charge on any atom is -0.497 e. The van der Waals surface area contributed by atoms with Crippen LogP contribution in [0.4, 0.5) is 5.69 Å². The fraction of sp³-hybridized carbons (Fsp3) is 0.200. The highest BCUT2D eigenvalue weighted by atomic mass is 16.5. The quantitative estimate of drug-likeness (QED) is 0.846. The fourth-order valence-corrected chi connectivity index (χ4v) is 2.27. The van der Waals surface area contributed by atoms with Crippen molar-refractivity contribution in [3.05, 3.63) is 48.0 Å². The van der Waals surface area contributed by atoms with Crippen LogP contribution in [0.25, 0.3) is 11.1 Å². The van der Waals surface area contributed by atoms with Gasteiger partial charge >= 0.3 is 0 Å². The molecule has 0 unspecified atom stereocenters. The smallest absolute Gasteiger partial charge is 0.119 e. The molecule has 1 N–H and O–H groups in total. The Bertz CT molecular complexity index is 548. The molecule has 0 fully saturated rings. The molecule has 1 heterocycles. The van der Waals surface area contributed by atoms with Crippen molar-refractivity contribution in [3.8, 4) is 16.9 Å². The molecule has 0 saturated heterocycles. The van der Waals surface area contributed by atoms with Crippen LogP contribution >= 0.6 is 0 Å². The number of ether oxygens (including phenoxy) is 1. The molecule has 2 heteroatoms. The van der Waals surface area contributed by atoms with Gasteiger partial charge in [-0.3, -0.25) is 0 Å². The van der Waals surface area contributed by atoms with Gasteiger partial charge in [0, 0.05) is 12.2 Å². The molecule has 0 bridgehead atoms. The van der Waals surface area contributed by atoms with Gasteiger partial charge in [-0.25, -0.2) is 0 Å². The Morgan fingerprint density at radius 1 is 1.06 bits per heavy atom. The summed E-state index contributed by atoms with van der Waals surface area (Å²) >= 11 is 0. The van der Waals surface area contributed by atoms with Gasteiger partial charge in [0.25, 0.3) is 0 Å². The van der Waals surface area contributed by atoms with Crippen LogP contribution < -0.4 is 10.1 Å². The first-order chi connectivity index (χ1) is 8.36. The van der Waals surface area contributed by atoms with Crippen LogP contribution in [0.2, 0.25) is 0 Å². The van der Waals surface area contributed by atoms with Crippen LogP contribution in [-0.4, -0.2) is 13.7 Å². The third kappa shape index (κ3) is 1.86. The summed E-state index contributed by atoms with van der Waals surface area (Å²) in [6, 6.07) is 14.8. The Labute approximate surface area is 101 Å². The first-order valence-electron chi connectivity index (χ1n) is 5.88. The second-order valence-corrected chi connectivity index (χ2v) is 4.28. The summed E-state index contributed by atoms with van der Waals surface area (Å²) in [7, 11) is 1.70. The summed E-state index contributed by atoms with van der Waals surface area (Å²) in [5.74, 6) is 0.899. The maximum Gasteiger partial charge on any atom is 0.119 e. The van der Waals surface area contributed by atoms with Crippen molar-refractivity contribution in [3.63, 3.8) is 0 Å². The lowest BCUT2D eigenvalue weighted by molar-refractivity contribution is 0.415. The molecule has 1 aliphatic rings. The maximum atomic E-state index is 5.25. The zero-order valence-corrected chi connectivity index (χ0v) is 9.86. The van der Waals surface area contributed by atoms with Crippen LogP contribution in [0.1, 0.15) is 5.56 Å². The van der Waals surface area contributed by atoms with E-state index in [-0.39, 0.29) is 0 Å². The number of nitrogens with one attached hydrogen (secondary N) is 1. The summed E-state index contributed by atoms with van der Waals surface area (Å²) in [6.07, 6.45) is 1.13. The van der Waals surface area contributed by atoms with Gasteiger partial charge in [0.15, 0.2) is 0 Å². The molecule has 0 saturated carbocycles. The highest BCUT2D eigenvalue weighted by Gasteiger charge is 2.10. The van der Waals surface area contributed by atoms with Gasteiger partial charge in [-0.2, -0.15) is 0 Å². The summed E-state index contributed by atoms with van der Waals surface area (Å²) in [6.45, 7) is 1.05. The SMILES string of the molecule is COc1cccc(-c2ccc3c(c2)NCC3)c1. The van der Waals surface area contributed by atoms with Crippen LogP contribution in [0.15, 0.2) is 42.5 Å². The van der Waals surface area contributed by atoms with E-state index in [2.05, 4.69) is 35.6 Å². The van der Waals surface area contributed by atoms with Gasteiger partial charge in [-0.1, -0.05) is 24.3 Å². The van der Waals surface area contributed by atoms with E-state index in [1.807, 2.05) is 12.1 Å². The number of benzene rings is 2. The van der Waals surface area contributed by atoms with Crippen molar-refractivity contribution < 1.29 is 4.74 Å². The zero-order valence-electron chi connectivity index (χ0n) is 9.86. The molecule has 0 atom stereocenters. The summed E-state index contributed by atoms with van der Waals surface area (Å²) in [5.41, 5.74) is 5.11. The molecule has 17 heavy (non-hydrogen) atoms. The zero-order chi connectivity index (χ0) is 11.7. The van der Waals surface area contributed by atoms with Crippen LogP contribution in [0.5, 0.6) is 5.75 Å². The standard InChI is InChI=1S/C15H15NO/c1-17-14-4-2-3-12(9-14)13-6-5-11-7-8-16-15(11)10-13/h2-6,9-10,16H,7-8H2,1H3. The monoisotopic (exact) mass is 225 g/mol. The minimum atomic E-state index is 0.899. The molecule has 1 aliphatic heterocycles. The molecular weight excluding hydrogens is 210 g/mol. The molecule has 0 spiro atoms. The maximum absolute atomic E-state index is 5.25. The first kappa shape index (κ1) is 10.2. The molecular formula is C15H15NO. The van der Waals surface area contributed by atoms with Crippen molar-refractivity contribution in [2.24, 2.45) is 0 Å². The number of rotatable bonds is 2. The molecule has 0 radical (unpaired) electrons. The molecule has 0 aromatic heterocycles. The van der Waals surface area contributed by atoms with Gasteiger partial charge in [-0.15, -0.1) is 0 Å². The molecule has 2 nitrogen and oxygen atoms in total. The highest BCUT2D eigenvalue weighted by molar-refractivity contribution is 5.72. The van der Waals surface area contributed by atoms with Crippen molar-refractivity contribution in [2.75, 3.05) is 19.0 Å². The van der Waals surface area contributed by atoms with Gasteiger partial charge in [0.1, 0.15) is 5.75 Å². The molecule has 0 aliphatic carbocycles. The lowest BCUT2D eigenvalue weighted by Gasteiger charge is -2.07. The number of fused-ring (bicyclic) bond motifs is 1. The Morgan fingerprint density at radius 2 is 1.94 bits per heavy atom. The van der Waals surface area contributed by atoms with Crippen LogP contribution in [0, 0.1) is 0 Å². The fourth-order valence-electron chi connectivity index (χ4n) is 2.27. The summed E-state index contributed by atoms with van der Waals surface area (Å²) < 4.78 is 5.25. The Kier molecular flexibility index (Phi) is 2.48. The summed E-state index contributed by atoms with van der Waals surface area (Å²) in [4.78, 5) is 0. The van der Waals surface area contributed by atoms with Gasteiger partial charge in [-0.05, 0) is 41.3 Å². The van der Waals surface area contributed by atoms with Gasteiger partial charge in [0.2, 0.25) is 0 Å². The highest BCUT2D eigenvalue weighted by Crippen LogP contribution is 2.30. The molecule has 2 aromatic carbocycles. The average molecular weight is 225 g/mol. The largest absolute Gasteiger partial charge is 0.497 e. The molecule has 0 amide bonds. The lowest BCUT2D eigenvalue weighted by Crippen LogP contribution is -1.91. The second kappa shape index (κ2) is 4.13. The topological polar surface area (TPSA) is 21.3 Å². The molecule has 2 aromatic rings. The van der Waals surface area contributed by atoms with E-state index >= 15 is 0 Å². The average Bonchev–Trinajstić information content (AvgIpc) is 2.86. The van der Waals surface area contributed by atoms with E-state index in [4.69, 9.17) is 4.74 Å². The van der Waals surface area contributed by atoms with Crippen molar-refractivity contribution in [1.82, 2.24) is 0 Å². The Balaban J connectivity index is 2.03.